The molecule has 0 radical (unpaired) electrons. The lowest BCUT2D eigenvalue weighted by molar-refractivity contribution is -0.0499. The number of aryl methyl sites for hydroxylation is 1. The Morgan fingerprint density at radius 1 is 1.27 bits per heavy atom. The van der Waals surface area contributed by atoms with Gasteiger partial charge in [0.25, 0.3) is 0 Å². The van der Waals surface area contributed by atoms with Crippen molar-refractivity contribution in [2.45, 2.75) is 38.5 Å². The van der Waals surface area contributed by atoms with E-state index >= 15 is 0 Å². The van der Waals surface area contributed by atoms with Crippen molar-refractivity contribution in [3.05, 3.63) is 64.2 Å². The van der Waals surface area contributed by atoms with E-state index in [4.69, 9.17) is 11.6 Å². The Balaban J connectivity index is 1.61. The van der Waals surface area contributed by atoms with Gasteiger partial charge in [-0.1, -0.05) is 29.8 Å². The number of halogens is 3. The van der Waals surface area contributed by atoms with Crippen LogP contribution in [0.5, 0.6) is 5.75 Å². The minimum Gasteiger partial charge on any atom is -0.435 e. The summed E-state index contributed by atoms with van der Waals surface area (Å²) in [7, 11) is 0. The topological polar surface area (TPSA) is 50.4 Å². The van der Waals surface area contributed by atoms with E-state index in [1.165, 1.54) is 6.07 Å². The van der Waals surface area contributed by atoms with E-state index in [0.717, 1.165) is 36.0 Å². The summed E-state index contributed by atoms with van der Waals surface area (Å²) in [5.74, 6) is 0.143. The van der Waals surface area contributed by atoms with E-state index in [9.17, 15) is 13.6 Å². The van der Waals surface area contributed by atoms with E-state index in [0.29, 0.717) is 11.6 Å². The number of carbonyl (C=O) groups is 1. The van der Waals surface area contributed by atoms with Crippen molar-refractivity contribution >= 4 is 17.6 Å². The molecule has 1 aliphatic carbocycles. The number of alkyl halides is 2. The average Bonchev–Trinajstić information content (AvgIpc) is 2.59. The molecule has 3 rings (SSSR count). The van der Waals surface area contributed by atoms with Crippen molar-refractivity contribution < 1.29 is 18.3 Å². The minimum absolute atomic E-state index is 0.143. The van der Waals surface area contributed by atoms with Crippen LogP contribution in [-0.2, 0) is 13.0 Å². The van der Waals surface area contributed by atoms with Gasteiger partial charge in [-0.15, -0.1) is 0 Å². The molecular weight excluding hydrogens is 362 g/mol. The number of amides is 2. The monoisotopic (exact) mass is 380 g/mol. The first-order valence-electron chi connectivity index (χ1n) is 8.38. The molecule has 2 aromatic carbocycles. The lowest BCUT2D eigenvalue weighted by atomic mass is 9.87. The number of ether oxygens (including phenoxy) is 1. The van der Waals surface area contributed by atoms with Gasteiger partial charge in [0.1, 0.15) is 5.75 Å². The molecule has 0 heterocycles. The summed E-state index contributed by atoms with van der Waals surface area (Å²) in [6.45, 7) is -2.48. The molecule has 26 heavy (non-hydrogen) atoms. The first kappa shape index (κ1) is 18.5. The van der Waals surface area contributed by atoms with Crippen LogP contribution in [0.3, 0.4) is 0 Å². The third-order valence-corrected chi connectivity index (χ3v) is 4.54. The third-order valence-electron chi connectivity index (χ3n) is 4.30. The fraction of sp³-hybridized carbons (Fsp3) is 0.316. The standard InChI is InChI=1S/C19H19ClF2N2O2/c20-14-5-1-3-12(9-14)11-23-19(25)24-17-6-2-4-13-10-15(26-18(21)22)7-8-16(13)17/h1,3,5,7-10,17-18H,2,4,6,11H2,(H2,23,24,25). The predicted octanol–water partition coefficient (Wildman–Crippen LogP) is 4.82. The Hall–Kier alpha value is -2.34. The quantitative estimate of drug-likeness (QED) is 0.781. The van der Waals surface area contributed by atoms with Gasteiger partial charge >= 0.3 is 12.6 Å². The number of urea groups is 1. The summed E-state index contributed by atoms with van der Waals surface area (Å²) in [6.07, 6.45) is 2.44. The molecule has 0 aliphatic heterocycles. The highest BCUT2D eigenvalue weighted by atomic mass is 35.5. The highest BCUT2D eigenvalue weighted by Gasteiger charge is 2.22. The summed E-state index contributed by atoms with van der Waals surface area (Å²) in [6, 6.07) is 11.7. The van der Waals surface area contributed by atoms with Crippen LogP contribution in [0.2, 0.25) is 5.02 Å². The van der Waals surface area contributed by atoms with Gasteiger partial charge in [0, 0.05) is 11.6 Å². The lowest BCUT2D eigenvalue weighted by Crippen LogP contribution is -2.38. The fourth-order valence-electron chi connectivity index (χ4n) is 3.16. The van der Waals surface area contributed by atoms with Crippen LogP contribution in [0.1, 0.15) is 35.6 Å². The van der Waals surface area contributed by atoms with Crippen LogP contribution < -0.4 is 15.4 Å². The summed E-state index contributed by atoms with van der Waals surface area (Å²) in [5.41, 5.74) is 2.77. The average molecular weight is 381 g/mol. The molecule has 1 atom stereocenters. The van der Waals surface area contributed by atoms with Gasteiger partial charge in [0.05, 0.1) is 6.04 Å². The maximum Gasteiger partial charge on any atom is 0.387 e. The minimum atomic E-state index is -2.84. The Bertz CT molecular complexity index is 786. The molecule has 0 bridgehead atoms. The molecule has 4 nitrogen and oxygen atoms in total. The summed E-state index contributed by atoms with van der Waals surface area (Å²) >= 11 is 5.93. The van der Waals surface area contributed by atoms with Crippen LogP contribution in [0, 0.1) is 0 Å². The highest BCUT2D eigenvalue weighted by Crippen LogP contribution is 2.32. The number of hydrogen-bond acceptors (Lipinski definition) is 2. The number of rotatable bonds is 5. The van der Waals surface area contributed by atoms with Crippen molar-refractivity contribution in [2.75, 3.05) is 0 Å². The van der Waals surface area contributed by atoms with Crippen LogP contribution in [0.25, 0.3) is 0 Å². The van der Waals surface area contributed by atoms with Gasteiger partial charge in [-0.3, -0.25) is 0 Å². The molecule has 138 valence electrons. The summed E-state index contributed by atoms with van der Waals surface area (Å²) in [4.78, 5) is 12.2. The Kier molecular flexibility index (Phi) is 5.93. The van der Waals surface area contributed by atoms with Gasteiger partial charge in [0.15, 0.2) is 0 Å². The molecule has 0 aromatic heterocycles. The molecule has 1 unspecified atom stereocenters. The van der Waals surface area contributed by atoms with Crippen molar-refractivity contribution in [3.63, 3.8) is 0 Å². The molecule has 2 amide bonds. The molecule has 0 fully saturated rings. The zero-order valence-electron chi connectivity index (χ0n) is 14.0. The molecule has 0 spiro atoms. The predicted molar refractivity (Wildman–Crippen MR) is 95.6 cm³/mol. The van der Waals surface area contributed by atoms with Gasteiger partial charge < -0.3 is 15.4 Å². The number of benzene rings is 2. The van der Waals surface area contributed by atoms with Crippen molar-refractivity contribution in [2.24, 2.45) is 0 Å². The fourth-order valence-corrected chi connectivity index (χ4v) is 3.37. The van der Waals surface area contributed by atoms with Crippen molar-refractivity contribution in [1.29, 1.82) is 0 Å². The van der Waals surface area contributed by atoms with Crippen molar-refractivity contribution in [3.8, 4) is 5.75 Å². The second-order valence-corrected chi connectivity index (χ2v) is 6.58. The zero-order chi connectivity index (χ0) is 18.5. The lowest BCUT2D eigenvalue weighted by Gasteiger charge is -2.27. The Labute approximate surface area is 155 Å². The molecule has 0 saturated heterocycles. The second-order valence-electron chi connectivity index (χ2n) is 6.14. The molecule has 2 N–H and O–H groups in total. The van der Waals surface area contributed by atoms with Crippen LogP contribution in [0.15, 0.2) is 42.5 Å². The number of fused-ring (bicyclic) bond motifs is 1. The van der Waals surface area contributed by atoms with Crippen LogP contribution >= 0.6 is 11.6 Å². The van der Waals surface area contributed by atoms with E-state index in [1.54, 1.807) is 24.3 Å². The Morgan fingerprint density at radius 2 is 2.12 bits per heavy atom. The maximum atomic E-state index is 12.4. The van der Waals surface area contributed by atoms with Crippen LogP contribution in [-0.4, -0.2) is 12.6 Å². The van der Waals surface area contributed by atoms with Gasteiger partial charge in [-0.25, -0.2) is 4.79 Å². The largest absolute Gasteiger partial charge is 0.435 e. The smallest absolute Gasteiger partial charge is 0.387 e. The first-order chi connectivity index (χ1) is 12.5. The zero-order valence-corrected chi connectivity index (χ0v) is 14.7. The van der Waals surface area contributed by atoms with E-state index in [1.807, 2.05) is 12.1 Å². The molecule has 0 saturated carbocycles. The number of carbonyl (C=O) groups excluding carboxylic acids is 1. The Morgan fingerprint density at radius 3 is 2.88 bits per heavy atom. The number of nitrogens with one attached hydrogen (secondary N) is 2. The normalized spacial score (nSPS) is 16.1. The van der Waals surface area contributed by atoms with Crippen LogP contribution in [0.4, 0.5) is 13.6 Å². The van der Waals surface area contributed by atoms with E-state index in [-0.39, 0.29) is 17.8 Å². The second kappa shape index (κ2) is 8.36. The van der Waals surface area contributed by atoms with Gasteiger partial charge in [-0.2, -0.15) is 8.78 Å². The molecule has 1 aliphatic rings. The van der Waals surface area contributed by atoms with Gasteiger partial charge in [0.2, 0.25) is 0 Å². The van der Waals surface area contributed by atoms with Crippen molar-refractivity contribution in [1.82, 2.24) is 10.6 Å². The maximum absolute atomic E-state index is 12.4. The van der Waals surface area contributed by atoms with E-state index < -0.39 is 6.61 Å². The molecule has 2 aromatic rings. The third kappa shape index (κ3) is 4.85. The number of hydrogen-bond donors (Lipinski definition) is 2. The molecule has 7 heteroatoms. The first-order valence-corrected chi connectivity index (χ1v) is 8.75. The van der Waals surface area contributed by atoms with E-state index in [2.05, 4.69) is 15.4 Å². The summed E-state index contributed by atoms with van der Waals surface area (Å²) in [5, 5.41) is 6.38. The van der Waals surface area contributed by atoms with Gasteiger partial charge in [-0.05, 0) is 60.2 Å². The highest BCUT2D eigenvalue weighted by molar-refractivity contribution is 6.30. The summed E-state index contributed by atoms with van der Waals surface area (Å²) < 4.78 is 29.2. The SMILES string of the molecule is O=C(NCc1cccc(Cl)c1)NC1CCCc2cc(OC(F)F)ccc21. The molecular formula is C19H19ClF2N2O2.